The van der Waals surface area contributed by atoms with Crippen molar-refractivity contribution in [3.63, 3.8) is 0 Å². The highest BCUT2D eigenvalue weighted by Crippen LogP contribution is 2.47. The number of carbonyl (C=O) groups is 5. The van der Waals surface area contributed by atoms with Gasteiger partial charge in [-0.25, -0.2) is 18.6 Å². The van der Waals surface area contributed by atoms with Gasteiger partial charge in [-0.3, -0.25) is 57.6 Å². The zero-order chi connectivity index (χ0) is 76.9. The zero-order valence-corrected chi connectivity index (χ0v) is 64.8. The summed E-state index contributed by atoms with van der Waals surface area (Å²) in [6.07, 6.45) is 13.7. The molecule has 13 rings (SSSR count). The molecule has 2 amide bonds. The number of methoxy groups -OCH3 is 1. The number of anilines is 1. The first-order valence-electron chi connectivity index (χ1n) is 37.2. The Kier molecular flexibility index (Phi) is 29.9. The van der Waals surface area contributed by atoms with Crippen molar-refractivity contribution in [1.29, 1.82) is 0 Å². The van der Waals surface area contributed by atoms with Crippen LogP contribution in [0.2, 0.25) is 5.02 Å². The average molecular weight is 1550 g/mol. The zero-order valence-electron chi connectivity index (χ0n) is 63.3. The highest BCUT2D eigenvalue weighted by Gasteiger charge is 2.45. The lowest BCUT2D eigenvalue weighted by Gasteiger charge is -2.46. The molecule has 0 radical (unpaired) electrons. The maximum Gasteiger partial charge on any atom is 0.345 e. The van der Waals surface area contributed by atoms with E-state index in [0.29, 0.717) is 81.8 Å². The summed E-state index contributed by atoms with van der Waals surface area (Å²) in [7, 11) is 4.94. The molecule has 592 valence electrons. The number of aromatic nitrogens is 8. The van der Waals surface area contributed by atoms with Crippen molar-refractivity contribution < 1.29 is 80.7 Å². The van der Waals surface area contributed by atoms with Crippen LogP contribution in [0.3, 0.4) is 0 Å². The lowest BCUT2D eigenvalue weighted by atomic mass is 9.68. The van der Waals surface area contributed by atoms with E-state index in [1.165, 1.54) is 43.8 Å². The van der Waals surface area contributed by atoms with Crippen LogP contribution in [-0.4, -0.2) is 263 Å². The Labute approximate surface area is 635 Å². The van der Waals surface area contributed by atoms with Crippen molar-refractivity contribution >= 4 is 56.9 Å². The molecule has 9 heterocycles. The smallest absolute Gasteiger partial charge is 0.345 e. The van der Waals surface area contributed by atoms with Crippen LogP contribution in [0.1, 0.15) is 129 Å². The number of morpholine rings is 3. The average Bonchev–Trinajstić information content (AvgIpc) is 1.47. The lowest BCUT2D eigenvalue weighted by molar-refractivity contribution is -0.0223. The van der Waals surface area contributed by atoms with Gasteiger partial charge in [0.15, 0.2) is 0 Å². The lowest BCUT2D eigenvalue weighted by Crippen LogP contribution is -2.49. The Morgan fingerprint density at radius 2 is 1.25 bits per heavy atom. The third kappa shape index (κ3) is 22.4. The number of nitrogens with zero attached hydrogens (tertiary/aromatic N) is 12. The molecular weight excluding hydrogens is 1440 g/mol. The van der Waals surface area contributed by atoms with Crippen LogP contribution < -0.4 is 34.1 Å². The Balaban J connectivity index is 0.000000199. The number of ether oxygens (including phenoxy) is 10. The van der Waals surface area contributed by atoms with Gasteiger partial charge in [-0.2, -0.15) is 0 Å². The Morgan fingerprint density at radius 3 is 1.79 bits per heavy atom. The molecule has 1 spiro atoms. The maximum atomic E-state index is 14.9. The molecule has 34 heteroatoms. The SMILES string of the molecule is CCOC(=O)c1cn(C)[nH]c1=O.CCOC(=O)c1cn(C)nc1OCCN1CCOCC1.CO[C@H]1CCC[C@H](C)CS(=O)(NC(=O)c2cn(C)nc2OCCN2CCOCC2)=NC(=O)c2ccc3c(c2)N(C[C@@H]2CC[C@H]21)C[C@@]1(CCCc2cc(Cl)ccc21)CO3.Cn1cc(C(=O)O)c(OCCN2CCOCC2)n1. The summed E-state index contributed by atoms with van der Waals surface area (Å²) in [6.45, 7) is 21.1. The van der Waals surface area contributed by atoms with Crippen LogP contribution in [0, 0.1) is 17.8 Å². The van der Waals surface area contributed by atoms with E-state index in [2.05, 4.69) is 65.9 Å². The minimum Gasteiger partial charge on any atom is -0.490 e. The molecule has 1 saturated carbocycles. The van der Waals surface area contributed by atoms with Crippen LogP contribution in [-0.2, 0) is 78.4 Å². The molecule has 2 aromatic carbocycles. The quantitative estimate of drug-likeness (QED) is 0.0727. The van der Waals surface area contributed by atoms with Gasteiger partial charge in [0.25, 0.3) is 17.4 Å². The Morgan fingerprint density at radius 1 is 0.694 bits per heavy atom. The fraction of sp³-hybridized carbons (Fsp3) is 0.608. The summed E-state index contributed by atoms with van der Waals surface area (Å²) >= 11 is 6.49. The monoisotopic (exact) mass is 1540 g/mol. The predicted molar refractivity (Wildman–Crippen MR) is 400 cm³/mol. The molecule has 2 aliphatic carbocycles. The number of hydrogen-bond acceptors (Lipinski definition) is 24. The number of aryl methyl sites for hydroxylation is 5. The number of H-pyrrole nitrogens is 1. The number of hydrogen-bond donors (Lipinski definition) is 3. The molecule has 1 unspecified atom stereocenters. The number of nitrogens with one attached hydrogen (secondary N) is 2. The van der Waals surface area contributed by atoms with Gasteiger partial charge in [-0.15, -0.1) is 19.7 Å². The molecule has 6 aromatic rings. The molecule has 7 aliphatic rings. The van der Waals surface area contributed by atoms with Crippen molar-refractivity contribution in [2.45, 2.75) is 83.7 Å². The van der Waals surface area contributed by atoms with Crippen LogP contribution in [0.25, 0.3) is 0 Å². The van der Waals surface area contributed by atoms with E-state index in [9.17, 15) is 33.0 Å². The molecule has 3 N–H and O–H groups in total. The van der Waals surface area contributed by atoms with Crippen LogP contribution in [0.15, 0.2) is 70.3 Å². The molecule has 4 aromatic heterocycles. The molecule has 6 atom stereocenters. The fourth-order valence-corrected chi connectivity index (χ4v) is 16.6. The van der Waals surface area contributed by atoms with Gasteiger partial charge in [0.05, 0.1) is 77.0 Å². The summed E-state index contributed by atoms with van der Waals surface area (Å²) < 4.78 is 83.4. The first-order valence-corrected chi connectivity index (χ1v) is 39.3. The Hall–Kier alpha value is -8.41. The van der Waals surface area contributed by atoms with E-state index < -0.39 is 45.2 Å². The summed E-state index contributed by atoms with van der Waals surface area (Å²) in [5, 5.41) is 24.6. The first-order chi connectivity index (χ1) is 52.0. The number of amides is 2. The minimum absolute atomic E-state index is 0.00773. The normalized spacial score (nSPS) is 22.6. The number of halogens is 1. The molecular formula is C74H105ClN14O18S. The van der Waals surface area contributed by atoms with Crippen molar-refractivity contribution in [1.82, 2.24) is 58.5 Å². The molecule has 2 bridgehead atoms. The van der Waals surface area contributed by atoms with Gasteiger partial charge < -0.3 is 57.4 Å². The number of rotatable bonds is 20. The third-order valence-corrected chi connectivity index (χ3v) is 22.3. The van der Waals surface area contributed by atoms with E-state index in [-0.39, 0.29) is 63.8 Å². The maximum absolute atomic E-state index is 14.9. The minimum atomic E-state index is -3.61. The van der Waals surface area contributed by atoms with Gasteiger partial charge in [0.1, 0.15) is 57.7 Å². The summed E-state index contributed by atoms with van der Waals surface area (Å²) in [5.74, 6) is -1.24. The van der Waals surface area contributed by atoms with Crippen LogP contribution >= 0.6 is 11.6 Å². The number of esters is 2. The van der Waals surface area contributed by atoms with Gasteiger partial charge in [-0.05, 0) is 118 Å². The third-order valence-electron chi connectivity index (χ3n) is 20.1. The molecule has 3 saturated heterocycles. The first kappa shape index (κ1) is 82.1. The van der Waals surface area contributed by atoms with Gasteiger partial charge in [0.2, 0.25) is 17.6 Å². The van der Waals surface area contributed by atoms with E-state index in [4.69, 9.17) is 59.3 Å². The number of fused-ring (bicyclic) bond motifs is 4. The highest BCUT2D eigenvalue weighted by atomic mass is 35.5. The molecule has 5 aliphatic heterocycles. The van der Waals surface area contributed by atoms with E-state index in [1.807, 2.05) is 32.2 Å². The number of aromatic amines is 1. The van der Waals surface area contributed by atoms with Crippen LogP contribution in [0.4, 0.5) is 5.69 Å². The summed E-state index contributed by atoms with van der Waals surface area (Å²) in [4.78, 5) is 82.0. The predicted octanol–water partition coefficient (Wildman–Crippen LogP) is 6.10. The molecule has 108 heavy (non-hydrogen) atoms. The van der Waals surface area contributed by atoms with E-state index in [1.54, 1.807) is 59.0 Å². The second-order valence-electron chi connectivity index (χ2n) is 28.0. The number of aromatic carboxylic acids is 1. The van der Waals surface area contributed by atoms with E-state index >= 15 is 0 Å². The van der Waals surface area contributed by atoms with Gasteiger partial charge in [0, 0.05) is 148 Å². The molecule has 4 fully saturated rings. The number of carboxylic acid groups (broad SMARTS) is 1. The second-order valence-corrected chi connectivity index (χ2v) is 30.5. The topological polar surface area (TPSA) is 344 Å². The standard InChI is InChI=1S/C43H57ClN6O7S.C13H21N3O4.C11H17N3O4.C7H10N2O3/c1-29-6-4-8-38(54-3)34-12-9-32(34)24-50-27-43(15-5-7-30-22-33(44)11-13-36(30)43)28-57-39-14-10-31(23-37(39)50)40(51)46-58(53,26-29)47-41(52)35-25-48(2)45-42(35)56-21-18-49-16-19-55-20-17-49;1-3-19-13(17)11-10-15(2)14-12(11)20-9-6-16-4-7-18-8-5-16;1-13-8-9(11(15)16)10(12-13)18-7-4-14-2-5-17-6-3-14;1-3-12-7(11)5-4-9(2)8-6(5)10/h10-11,13-14,22-23,25,29,32,34,38H,4-9,12,15-21,24,26-28H2,1-3H3,(H,46,47,51,52,53);10H,3-9H2,1-2H3;8H,2-7H2,1H3,(H,15,16);4H,3H2,1-2H3,(H,8,10)/t29-,32-,34+,38-,43-,58?;;;/m0.../s1. The number of carbonyl (C=O) groups excluding carboxylic acids is 4. The van der Waals surface area contributed by atoms with Crippen molar-refractivity contribution in [2.75, 3.05) is 169 Å². The van der Waals surface area contributed by atoms with Gasteiger partial charge in [-0.1, -0.05) is 31.0 Å². The fourth-order valence-electron chi connectivity index (χ4n) is 14.5. The van der Waals surface area contributed by atoms with Crippen molar-refractivity contribution in [3.8, 4) is 23.4 Å². The summed E-state index contributed by atoms with van der Waals surface area (Å²) in [6, 6.07) is 11.6. The van der Waals surface area contributed by atoms with Crippen LogP contribution in [0.5, 0.6) is 23.4 Å². The van der Waals surface area contributed by atoms with E-state index in [0.717, 1.165) is 154 Å². The Bertz CT molecular complexity index is 4190. The number of carboxylic acids is 1. The number of benzene rings is 2. The van der Waals surface area contributed by atoms with Crippen molar-refractivity contribution in [3.05, 3.63) is 116 Å². The second kappa shape index (κ2) is 39.3. The largest absolute Gasteiger partial charge is 0.490 e. The van der Waals surface area contributed by atoms with Gasteiger partial charge >= 0.3 is 17.9 Å². The summed E-state index contributed by atoms with van der Waals surface area (Å²) in [5.41, 5.74) is 3.61. The van der Waals surface area contributed by atoms with Crippen molar-refractivity contribution in [2.24, 2.45) is 50.3 Å². The highest BCUT2D eigenvalue weighted by molar-refractivity contribution is 7.92. The molecule has 32 nitrogen and oxygen atoms in total.